The number of nitrogens with zero attached hydrogens (tertiary/aromatic N) is 2. The van der Waals surface area contributed by atoms with Crippen molar-refractivity contribution in [2.45, 2.75) is 83.2 Å². The lowest BCUT2D eigenvalue weighted by Gasteiger charge is -2.31. The molecule has 98 valence electrons. The molecule has 0 atom stereocenters. The van der Waals surface area contributed by atoms with E-state index in [2.05, 4.69) is 0 Å². The van der Waals surface area contributed by atoms with Crippen LogP contribution in [0.1, 0.15) is 71.1 Å². The topological polar surface area (TPSA) is 35.8 Å². The predicted octanol–water partition coefficient (Wildman–Crippen LogP) is 3.76. The van der Waals surface area contributed by atoms with Crippen LogP contribution in [0.3, 0.4) is 0 Å². The first-order valence-corrected chi connectivity index (χ1v) is 7.30. The van der Waals surface area contributed by atoms with Crippen LogP contribution in [0.2, 0.25) is 0 Å². The number of aliphatic imine (C=N–C) groups is 1. The van der Waals surface area contributed by atoms with Gasteiger partial charge in [0.05, 0.1) is 12.1 Å². The number of rotatable bonds is 2. The molecule has 0 amide bonds. The maximum Gasteiger partial charge on any atom is 0.121 e. The van der Waals surface area contributed by atoms with E-state index in [0.717, 1.165) is 18.7 Å². The summed E-state index contributed by atoms with van der Waals surface area (Å²) in [4.78, 5) is 4.70. The molecule has 0 unspecified atom stereocenters. The van der Waals surface area contributed by atoms with Crippen LogP contribution in [0, 0.1) is 0 Å². The molecular weight excluding hydrogens is 212 g/mol. The first-order chi connectivity index (χ1) is 8.27. The molecule has 0 heterocycles. The van der Waals surface area contributed by atoms with Gasteiger partial charge in [-0.3, -0.25) is 10.2 Å². The van der Waals surface area contributed by atoms with E-state index < -0.39 is 0 Å². The maximum absolute atomic E-state index is 10.2. The van der Waals surface area contributed by atoms with Crippen molar-refractivity contribution < 1.29 is 5.21 Å². The van der Waals surface area contributed by atoms with E-state index in [9.17, 15) is 5.21 Å². The van der Waals surface area contributed by atoms with Crippen LogP contribution in [0.5, 0.6) is 0 Å². The van der Waals surface area contributed by atoms with Crippen LogP contribution in [0.25, 0.3) is 0 Å². The lowest BCUT2D eigenvalue weighted by molar-refractivity contribution is -0.0652. The highest BCUT2D eigenvalue weighted by atomic mass is 16.5. The third kappa shape index (κ3) is 3.70. The fourth-order valence-electron chi connectivity index (χ4n) is 3.12. The van der Waals surface area contributed by atoms with Crippen LogP contribution in [-0.4, -0.2) is 28.2 Å². The number of hydrogen-bond donors (Lipinski definition) is 1. The molecular formula is C14H26N2O. The summed E-state index contributed by atoms with van der Waals surface area (Å²) in [5.41, 5.74) is 0. The van der Waals surface area contributed by atoms with Crippen LogP contribution in [0.15, 0.2) is 4.99 Å². The van der Waals surface area contributed by atoms with E-state index in [-0.39, 0.29) is 0 Å². The smallest absolute Gasteiger partial charge is 0.121 e. The molecule has 0 aromatic carbocycles. The monoisotopic (exact) mass is 238 g/mol. The minimum Gasteiger partial charge on any atom is -0.287 e. The quantitative estimate of drug-likeness (QED) is 0.451. The second-order valence-electron chi connectivity index (χ2n) is 5.60. The zero-order chi connectivity index (χ0) is 12.1. The van der Waals surface area contributed by atoms with E-state index >= 15 is 0 Å². The SMILES string of the molecule is CC(=NC1CCCCC1)N(O)C1CCCCC1. The van der Waals surface area contributed by atoms with Gasteiger partial charge in [0.2, 0.25) is 0 Å². The second-order valence-corrected chi connectivity index (χ2v) is 5.60. The largest absolute Gasteiger partial charge is 0.287 e. The molecule has 17 heavy (non-hydrogen) atoms. The Morgan fingerprint density at radius 3 is 2.06 bits per heavy atom. The van der Waals surface area contributed by atoms with Crippen molar-refractivity contribution in [2.75, 3.05) is 0 Å². The molecule has 0 radical (unpaired) electrons. The summed E-state index contributed by atoms with van der Waals surface area (Å²) >= 11 is 0. The molecule has 2 aliphatic carbocycles. The van der Waals surface area contributed by atoms with Gasteiger partial charge in [0.25, 0.3) is 0 Å². The van der Waals surface area contributed by atoms with Gasteiger partial charge in [-0.15, -0.1) is 0 Å². The van der Waals surface area contributed by atoms with Gasteiger partial charge in [0.15, 0.2) is 0 Å². The molecule has 0 bridgehead atoms. The van der Waals surface area contributed by atoms with Crippen LogP contribution in [-0.2, 0) is 0 Å². The summed E-state index contributed by atoms with van der Waals surface area (Å²) in [6.07, 6.45) is 12.4. The molecule has 1 N–H and O–H groups in total. The van der Waals surface area contributed by atoms with E-state index in [1.807, 2.05) is 6.92 Å². The van der Waals surface area contributed by atoms with Crippen molar-refractivity contribution in [3.63, 3.8) is 0 Å². The highest BCUT2D eigenvalue weighted by Gasteiger charge is 2.21. The minimum atomic E-state index is 0.316. The van der Waals surface area contributed by atoms with Crippen LogP contribution in [0.4, 0.5) is 0 Å². The molecule has 2 aliphatic rings. The van der Waals surface area contributed by atoms with Gasteiger partial charge in [-0.2, -0.15) is 0 Å². The lowest BCUT2D eigenvalue weighted by atomic mass is 9.95. The molecule has 0 spiro atoms. The van der Waals surface area contributed by atoms with Crippen molar-refractivity contribution in [3.8, 4) is 0 Å². The molecule has 2 saturated carbocycles. The summed E-state index contributed by atoms with van der Waals surface area (Å²) < 4.78 is 0. The van der Waals surface area contributed by atoms with Gasteiger partial charge >= 0.3 is 0 Å². The molecule has 0 saturated heterocycles. The van der Waals surface area contributed by atoms with Crippen molar-refractivity contribution in [1.82, 2.24) is 5.06 Å². The van der Waals surface area contributed by atoms with Gasteiger partial charge in [-0.1, -0.05) is 38.5 Å². The highest BCUT2D eigenvalue weighted by Crippen LogP contribution is 2.23. The number of hydroxylamine groups is 2. The van der Waals surface area contributed by atoms with E-state index in [1.54, 1.807) is 0 Å². The van der Waals surface area contributed by atoms with Gasteiger partial charge < -0.3 is 0 Å². The molecule has 2 fully saturated rings. The van der Waals surface area contributed by atoms with Gasteiger partial charge in [0, 0.05) is 0 Å². The molecule has 2 rings (SSSR count). The Balaban J connectivity index is 1.87. The van der Waals surface area contributed by atoms with E-state index in [1.165, 1.54) is 56.4 Å². The van der Waals surface area contributed by atoms with Gasteiger partial charge in [-0.05, 0) is 32.6 Å². The summed E-state index contributed by atoms with van der Waals surface area (Å²) in [5.74, 6) is 0.837. The van der Waals surface area contributed by atoms with Crippen LogP contribution < -0.4 is 0 Å². The molecule has 0 aromatic heterocycles. The highest BCUT2D eigenvalue weighted by molar-refractivity contribution is 5.79. The Bertz CT molecular complexity index is 253. The summed E-state index contributed by atoms with van der Waals surface area (Å²) in [5, 5.41) is 11.6. The Hall–Kier alpha value is -0.570. The van der Waals surface area contributed by atoms with E-state index in [4.69, 9.17) is 4.99 Å². The maximum atomic E-state index is 10.2. The first-order valence-electron chi connectivity index (χ1n) is 7.30. The summed E-state index contributed by atoms with van der Waals surface area (Å²) in [6, 6.07) is 0.776. The summed E-state index contributed by atoms with van der Waals surface area (Å²) in [6.45, 7) is 1.96. The second kappa shape index (κ2) is 6.39. The Labute approximate surface area is 105 Å². The minimum absolute atomic E-state index is 0.316. The Morgan fingerprint density at radius 2 is 1.47 bits per heavy atom. The number of amidine groups is 1. The first kappa shape index (κ1) is 12.9. The molecule has 3 heteroatoms. The van der Waals surface area contributed by atoms with E-state index in [0.29, 0.717) is 12.1 Å². The zero-order valence-corrected chi connectivity index (χ0v) is 11.1. The lowest BCUT2D eigenvalue weighted by Crippen LogP contribution is -2.38. The van der Waals surface area contributed by atoms with Crippen LogP contribution >= 0.6 is 0 Å². The molecule has 0 aliphatic heterocycles. The Kier molecular flexibility index (Phi) is 4.84. The van der Waals surface area contributed by atoms with Gasteiger partial charge in [0.1, 0.15) is 5.84 Å². The normalized spacial score (nSPS) is 24.9. The average molecular weight is 238 g/mol. The third-order valence-corrected chi connectivity index (χ3v) is 4.20. The molecule has 0 aromatic rings. The van der Waals surface area contributed by atoms with Gasteiger partial charge in [-0.25, -0.2) is 5.06 Å². The van der Waals surface area contributed by atoms with Crippen molar-refractivity contribution in [3.05, 3.63) is 0 Å². The third-order valence-electron chi connectivity index (χ3n) is 4.20. The fraction of sp³-hybridized carbons (Fsp3) is 0.929. The predicted molar refractivity (Wildman–Crippen MR) is 70.5 cm³/mol. The molecule has 3 nitrogen and oxygen atoms in total. The van der Waals surface area contributed by atoms with Crippen molar-refractivity contribution in [2.24, 2.45) is 4.99 Å². The fourth-order valence-corrected chi connectivity index (χ4v) is 3.12. The number of hydrogen-bond acceptors (Lipinski definition) is 2. The zero-order valence-electron chi connectivity index (χ0n) is 11.1. The standard InChI is InChI=1S/C14H26N2O/c1-12(15-13-8-4-2-5-9-13)16(17)14-10-6-3-7-11-14/h13-14,17H,2-11H2,1H3. The average Bonchev–Trinajstić information content (AvgIpc) is 2.40. The Morgan fingerprint density at radius 1 is 0.941 bits per heavy atom. The van der Waals surface area contributed by atoms with Crippen molar-refractivity contribution >= 4 is 5.84 Å². The summed E-state index contributed by atoms with van der Waals surface area (Å²) in [7, 11) is 0. The van der Waals surface area contributed by atoms with Crippen molar-refractivity contribution in [1.29, 1.82) is 0 Å².